The van der Waals surface area contributed by atoms with E-state index in [-0.39, 0.29) is 11.8 Å². The number of rotatable bonds is 4. The number of hydrogen-bond donors (Lipinski definition) is 0. The van der Waals surface area contributed by atoms with Gasteiger partial charge in [0.1, 0.15) is 5.82 Å². The molecule has 0 bridgehead atoms. The number of aromatic nitrogens is 2. The van der Waals surface area contributed by atoms with Crippen molar-refractivity contribution in [2.24, 2.45) is 5.92 Å². The van der Waals surface area contributed by atoms with Crippen molar-refractivity contribution in [2.45, 2.75) is 26.3 Å². The van der Waals surface area contributed by atoms with Crippen LogP contribution in [-0.2, 0) is 11.3 Å². The largest absolute Gasteiger partial charge is 0.355 e. The zero-order valence-electron chi connectivity index (χ0n) is 13.6. The van der Waals surface area contributed by atoms with E-state index in [9.17, 15) is 4.79 Å². The predicted octanol–water partition coefficient (Wildman–Crippen LogP) is 2.72. The topological polar surface area (TPSA) is 49.3 Å². The Hall–Kier alpha value is -1.95. The molecule has 1 saturated heterocycles. The van der Waals surface area contributed by atoms with Gasteiger partial charge in [0.15, 0.2) is 0 Å². The van der Waals surface area contributed by atoms with Gasteiger partial charge in [-0.25, -0.2) is 4.98 Å². The first-order valence-corrected chi connectivity index (χ1v) is 8.82. The molecule has 3 rings (SSSR count). The number of anilines is 1. The van der Waals surface area contributed by atoms with Crippen molar-refractivity contribution in [3.05, 3.63) is 40.5 Å². The molecule has 0 radical (unpaired) electrons. The van der Waals surface area contributed by atoms with Crippen molar-refractivity contribution in [1.82, 2.24) is 14.9 Å². The highest BCUT2D eigenvalue weighted by molar-refractivity contribution is 7.10. The highest BCUT2D eigenvalue weighted by Gasteiger charge is 2.28. The molecule has 0 aromatic carbocycles. The average molecular weight is 330 g/mol. The Morgan fingerprint density at radius 3 is 2.78 bits per heavy atom. The van der Waals surface area contributed by atoms with Crippen LogP contribution >= 0.6 is 11.3 Å². The summed E-state index contributed by atoms with van der Waals surface area (Å²) in [5.41, 5.74) is 1.27. The van der Waals surface area contributed by atoms with Crippen LogP contribution in [0.25, 0.3) is 0 Å². The van der Waals surface area contributed by atoms with E-state index in [0.29, 0.717) is 6.54 Å². The zero-order valence-corrected chi connectivity index (χ0v) is 14.4. The Morgan fingerprint density at radius 1 is 1.39 bits per heavy atom. The van der Waals surface area contributed by atoms with E-state index < -0.39 is 0 Å². The smallest absolute Gasteiger partial charge is 0.225 e. The number of carbonyl (C=O) groups excluding carboxylic acids is 1. The van der Waals surface area contributed by atoms with Gasteiger partial charge in [0.25, 0.3) is 0 Å². The van der Waals surface area contributed by atoms with Gasteiger partial charge in [-0.1, -0.05) is 0 Å². The Labute approximate surface area is 141 Å². The van der Waals surface area contributed by atoms with E-state index in [1.165, 1.54) is 10.4 Å². The molecule has 23 heavy (non-hydrogen) atoms. The second-order valence-corrected chi connectivity index (χ2v) is 7.05. The molecular weight excluding hydrogens is 308 g/mol. The summed E-state index contributed by atoms with van der Waals surface area (Å²) in [4.78, 5) is 26.5. The summed E-state index contributed by atoms with van der Waals surface area (Å²) in [5.74, 6) is 1.28. The molecule has 1 amide bonds. The second-order valence-electron chi connectivity index (χ2n) is 6.05. The summed E-state index contributed by atoms with van der Waals surface area (Å²) < 4.78 is 0. The zero-order chi connectivity index (χ0) is 16.2. The molecule has 3 heterocycles. The van der Waals surface area contributed by atoms with Gasteiger partial charge in [0.2, 0.25) is 5.91 Å². The molecule has 2 aromatic heterocycles. The number of amides is 1. The maximum atomic E-state index is 12.7. The monoisotopic (exact) mass is 330 g/mol. The van der Waals surface area contributed by atoms with E-state index in [1.807, 2.05) is 11.9 Å². The van der Waals surface area contributed by atoms with Crippen LogP contribution in [0.2, 0.25) is 0 Å². The summed E-state index contributed by atoms with van der Waals surface area (Å²) >= 11 is 1.72. The number of aryl methyl sites for hydroxylation is 1. The molecule has 5 nitrogen and oxygen atoms in total. The second kappa shape index (κ2) is 7.08. The Bertz CT molecular complexity index is 650. The highest BCUT2D eigenvalue weighted by Crippen LogP contribution is 2.24. The molecule has 0 saturated carbocycles. The van der Waals surface area contributed by atoms with Gasteiger partial charge < -0.3 is 9.80 Å². The molecular formula is C17H22N4OS. The van der Waals surface area contributed by atoms with Crippen LogP contribution in [0.5, 0.6) is 0 Å². The standard InChI is InChI=1S/C17H22N4OS/c1-13-5-10-23-15(13)12-20(2)17(22)14-3-8-21(9-4-14)16-11-18-6-7-19-16/h5-7,10-11,14H,3-4,8-9,12H2,1-2H3. The molecule has 6 heteroatoms. The van der Waals surface area contributed by atoms with Crippen molar-refractivity contribution in [3.63, 3.8) is 0 Å². The first-order valence-electron chi connectivity index (χ1n) is 7.94. The summed E-state index contributed by atoms with van der Waals surface area (Å²) in [6.45, 7) is 4.54. The van der Waals surface area contributed by atoms with Crippen LogP contribution < -0.4 is 4.90 Å². The molecule has 0 unspecified atom stereocenters. The van der Waals surface area contributed by atoms with Crippen LogP contribution in [0.15, 0.2) is 30.0 Å². The van der Waals surface area contributed by atoms with Crippen LogP contribution in [0, 0.1) is 12.8 Å². The van der Waals surface area contributed by atoms with Crippen LogP contribution in [0.4, 0.5) is 5.82 Å². The third kappa shape index (κ3) is 3.69. The van der Waals surface area contributed by atoms with E-state index in [0.717, 1.165) is 31.7 Å². The molecule has 122 valence electrons. The van der Waals surface area contributed by atoms with Crippen LogP contribution in [0.3, 0.4) is 0 Å². The normalized spacial score (nSPS) is 15.7. The van der Waals surface area contributed by atoms with Gasteiger partial charge in [0, 0.05) is 43.3 Å². The van der Waals surface area contributed by atoms with E-state index >= 15 is 0 Å². The Kier molecular flexibility index (Phi) is 4.91. The summed E-state index contributed by atoms with van der Waals surface area (Å²) in [7, 11) is 1.91. The lowest BCUT2D eigenvalue weighted by Gasteiger charge is -2.33. The SMILES string of the molecule is Cc1ccsc1CN(C)C(=O)C1CCN(c2cnccn2)CC1. The molecule has 0 spiro atoms. The summed E-state index contributed by atoms with van der Waals surface area (Å²) in [6.07, 6.45) is 6.94. The first kappa shape index (κ1) is 15.9. The van der Waals surface area contributed by atoms with Gasteiger partial charge in [-0.15, -0.1) is 11.3 Å². The van der Waals surface area contributed by atoms with Crippen molar-refractivity contribution >= 4 is 23.1 Å². The fraction of sp³-hybridized carbons (Fsp3) is 0.471. The number of hydrogen-bond acceptors (Lipinski definition) is 5. The van der Waals surface area contributed by atoms with Crippen LogP contribution in [0.1, 0.15) is 23.3 Å². The maximum absolute atomic E-state index is 12.7. The van der Waals surface area contributed by atoms with Crippen molar-refractivity contribution < 1.29 is 4.79 Å². The van der Waals surface area contributed by atoms with Gasteiger partial charge in [0.05, 0.1) is 12.7 Å². The van der Waals surface area contributed by atoms with Crippen molar-refractivity contribution in [1.29, 1.82) is 0 Å². The minimum Gasteiger partial charge on any atom is -0.355 e. The van der Waals surface area contributed by atoms with Gasteiger partial charge in [-0.2, -0.15) is 0 Å². The summed E-state index contributed by atoms with van der Waals surface area (Å²) in [5, 5.41) is 2.09. The number of piperidine rings is 1. The van der Waals surface area contributed by atoms with Gasteiger partial charge in [-0.05, 0) is 36.8 Å². The Morgan fingerprint density at radius 2 is 2.17 bits per heavy atom. The third-order valence-electron chi connectivity index (χ3n) is 4.44. The lowest BCUT2D eigenvalue weighted by molar-refractivity contribution is -0.135. The quantitative estimate of drug-likeness (QED) is 0.865. The lowest BCUT2D eigenvalue weighted by Crippen LogP contribution is -2.41. The van der Waals surface area contributed by atoms with Crippen molar-refractivity contribution in [3.8, 4) is 0 Å². The first-order chi connectivity index (χ1) is 11.1. The molecule has 0 atom stereocenters. The van der Waals surface area contributed by atoms with Crippen molar-refractivity contribution in [2.75, 3.05) is 25.0 Å². The van der Waals surface area contributed by atoms with Crippen LogP contribution in [-0.4, -0.2) is 40.9 Å². The molecule has 0 N–H and O–H groups in total. The van der Waals surface area contributed by atoms with E-state index in [1.54, 1.807) is 29.9 Å². The minimum atomic E-state index is 0.119. The molecule has 1 aliphatic rings. The average Bonchev–Trinajstić information content (AvgIpc) is 3.00. The van der Waals surface area contributed by atoms with Gasteiger partial charge >= 0.3 is 0 Å². The number of carbonyl (C=O) groups is 1. The van der Waals surface area contributed by atoms with Gasteiger partial charge in [-0.3, -0.25) is 9.78 Å². The summed E-state index contributed by atoms with van der Waals surface area (Å²) in [6, 6.07) is 2.11. The molecule has 1 fully saturated rings. The Balaban J connectivity index is 1.55. The number of thiophene rings is 1. The fourth-order valence-electron chi connectivity index (χ4n) is 2.98. The fourth-order valence-corrected chi connectivity index (χ4v) is 3.94. The number of nitrogens with zero attached hydrogens (tertiary/aromatic N) is 4. The molecule has 0 aliphatic carbocycles. The third-order valence-corrected chi connectivity index (χ3v) is 5.45. The highest BCUT2D eigenvalue weighted by atomic mass is 32.1. The van der Waals surface area contributed by atoms with E-state index in [2.05, 4.69) is 33.2 Å². The van der Waals surface area contributed by atoms with E-state index in [4.69, 9.17) is 0 Å². The minimum absolute atomic E-state index is 0.119. The molecule has 2 aromatic rings. The predicted molar refractivity (Wildman–Crippen MR) is 92.5 cm³/mol. The maximum Gasteiger partial charge on any atom is 0.225 e. The lowest BCUT2D eigenvalue weighted by atomic mass is 9.95. The molecule has 1 aliphatic heterocycles.